The lowest BCUT2D eigenvalue weighted by Crippen LogP contribution is -2.46. The van der Waals surface area contributed by atoms with Crippen molar-refractivity contribution in [1.82, 2.24) is 0 Å². The van der Waals surface area contributed by atoms with E-state index >= 15 is 0 Å². The van der Waals surface area contributed by atoms with Crippen molar-refractivity contribution in [2.75, 3.05) is 26.3 Å². The molecule has 24 heavy (non-hydrogen) atoms. The maximum Gasteiger partial charge on any atom is 0.355 e. The van der Waals surface area contributed by atoms with E-state index in [9.17, 15) is 14.4 Å². The minimum atomic E-state index is -1.24. The summed E-state index contributed by atoms with van der Waals surface area (Å²) in [6.45, 7) is 1.91. The van der Waals surface area contributed by atoms with Crippen LogP contribution >= 0.6 is 0 Å². The molecule has 0 saturated heterocycles. The van der Waals surface area contributed by atoms with Crippen molar-refractivity contribution in [1.29, 1.82) is 0 Å². The van der Waals surface area contributed by atoms with Crippen molar-refractivity contribution in [2.24, 2.45) is 11.0 Å². The van der Waals surface area contributed by atoms with Crippen molar-refractivity contribution < 1.29 is 28.6 Å². The summed E-state index contributed by atoms with van der Waals surface area (Å²) in [5.74, 6) is -3.54. The van der Waals surface area contributed by atoms with E-state index in [0.717, 1.165) is 5.56 Å². The van der Waals surface area contributed by atoms with Gasteiger partial charge in [-0.15, -0.1) is 0 Å². The summed E-state index contributed by atoms with van der Waals surface area (Å²) in [7, 11) is 3.53. The molecule has 1 aromatic rings. The molecular formula is C16H18N2O6. The zero-order valence-electron chi connectivity index (χ0n) is 13.8. The quantitative estimate of drug-likeness (QED) is 0.590. The minimum absolute atomic E-state index is 0.208. The minimum Gasteiger partial charge on any atom is -0.468 e. The first-order chi connectivity index (χ1) is 11.4. The number of aryl methyl sites for hydroxylation is 1. The molecule has 8 heteroatoms. The predicted molar refractivity (Wildman–Crippen MR) is 84.4 cm³/mol. The summed E-state index contributed by atoms with van der Waals surface area (Å²) in [4.78, 5) is 36.4. The topological polar surface area (TPSA) is 94.5 Å². The van der Waals surface area contributed by atoms with Gasteiger partial charge in [0.25, 0.3) is 0 Å². The molecule has 0 saturated carbocycles. The number of esters is 3. The molecule has 0 N–H and O–H groups in total. The van der Waals surface area contributed by atoms with Gasteiger partial charge in [-0.3, -0.25) is 4.79 Å². The van der Waals surface area contributed by atoms with E-state index in [1.165, 1.54) is 26.3 Å². The molecule has 2 rings (SSSR count). The van der Waals surface area contributed by atoms with Gasteiger partial charge < -0.3 is 14.2 Å². The first kappa shape index (κ1) is 17.5. The van der Waals surface area contributed by atoms with Crippen LogP contribution in [0.25, 0.3) is 0 Å². The van der Waals surface area contributed by atoms with Gasteiger partial charge in [-0.25, -0.2) is 14.6 Å². The van der Waals surface area contributed by atoms with Crippen LogP contribution in [0.3, 0.4) is 0 Å². The number of ether oxygens (including phenoxy) is 3. The SMILES string of the molecule is COC(=O)C1=NN(c2ccc(C)cc2)[C@H](C(=O)OC)[C@H]1C(=O)OC. The van der Waals surface area contributed by atoms with E-state index in [1.807, 2.05) is 19.1 Å². The van der Waals surface area contributed by atoms with Crippen LogP contribution in [0.1, 0.15) is 5.56 Å². The second-order valence-corrected chi connectivity index (χ2v) is 5.13. The third-order valence-electron chi connectivity index (χ3n) is 3.68. The molecule has 1 heterocycles. The largest absolute Gasteiger partial charge is 0.468 e. The highest BCUT2D eigenvalue weighted by molar-refractivity contribution is 6.42. The third-order valence-corrected chi connectivity index (χ3v) is 3.68. The van der Waals surface area contributed by atoms with E-state index < -0.39 is 29.9 Å². The normalized spacial score (nSPS) is 19.5. The lowest BCUT2D eigenvalue weighted by Gasteiger charge is -2.24. The van der Waals surface area contributed by atoms with Gasteiger partial charge in [0.2, 0.25) is 0 Å². The molecule has 0 radical (unpaired) electrons. The van der Waals surface area contributed by atoms with Gasteiger partial charge in [-0.1, -0.05) is 17.7 Å². The van der Waals surface area contributed by atoms with Crippen LogP contribution in [0, 0.1) is 12.8 Å². The molecule has 0 bridgehead atoms. The van der Waals surface area contributed by atoms with Crippen LogP contribution in [0.4, 0.5) is 5.69 Å². The highest BCUT2D eigenvalue weighted by Crippen LogP contribution is 2.30. The van der Waals surface area contributed by atoms with E-state index in [-0.39, 0.29) is 5.71 Å². The first-order valence-electron chi connectivity index (χ1n) is 7.13. The molecular weight excluding hydrogens is 316 g/mol. The Morgan fingerprint density at radius 2 is 1.54 bits per heavy atom. The van der Waals surface area contributed by atoms with Crippen molar-refractivity contribution in [3.05, 3.63) is 29.8 Å². The fraction of sp³-hybridized carbons (Fsp3) is 0.375. The Morgan fingerprint density at radius 3 is 2.04 bits per heavy atom. The molecule has 1 aliphatic heterocycles. The number of hydrazone groups is 1. The Balaban J connectivity index is 2.55. The average molecular weight is 334 g/mol. The van der Waals surface area contributed by atoms with Crippen molar-refractivity contribution in [3.8, 4) is 0 Å². The summed E-state index contributed by atoms with van der Waals surface area (Å²) in [6.07, 6.45) is 0. The van der Waals surface area contributed by atoms with Crippen LogP contribution in [0.15, 0.2) is 29.4 Å². The molecule has 0 amide bonds. The molecule has 0 fully saturated rings. The Bertz CT molecular complexity index is 682. The van der Waals surface area contributed by atoms with Gasteiger partial charge in [0.15, 0.2) is 11.8 Å². The Morgan fingerprint density at radius 1 is 0.958 bits per heavy atom. The van der Waals surface area contributed by atoms with Gasteiger partial charge in [-0.05, 0) is 19.1 Å². The summed E-state index contributed by atoms with van der Waals surface area (Å²) < 4.78 is 14.2. The van der Waals surface area contributed by atoms with Crippen molar-refractivity contribution >= 4 is 29.3 Å². The van der Waals surface area contributed by atoms with Crippen LogP contribution in [-0.2, 0) is 28.6 Å². The van der Waals surface area contributed by atoms with Crippen LogP contribution in [-0.4, -0.2) is 51.0 Å². The number of nitrogens with zero attached hydrogens (tertiary/aromatic N) is 2. The molecule has 1 aliphatic rings. The summed E-state index contributed by atoms with van der Waals surface area (Å²) in [6, 6.07) is 5.94. The zero-order chi connectivity index (χ0) is 17.9. The second kappa shape index (κ2) is 7.12. The monoisotopic (exact) mass is 334 g/mol. The summed E-state index contributed by atoms with van der Waals surface area (Å²) in [5, 5.41) is 5.41. The Hall–Kier alpha value is -2.90. The number of hydrogen-bond donors (Lipinski definition) is 0. The third kappa shape index (κ3) is 3.08. The Labute approximate surface area is 139 Å². The van der Waals surface area contributed by atoms with E-state index in [4.69, 9.17) is 9.47 Å². The number of anilines is 1. The predicted octanol–water partition coefficient (Wildman–Crippen LogP) is 0.675. The van der Waals surface area contributed by atoms with Crippen LogP contribution in [0.5, 0.6) is 0 Å². The molecule has 1 aromatic carbocycles. The van der Waals surface area contributed by atoms with E-state index in [1.54, 1.807) is 12.1 Å². The maximum absolute atomic E-state index is 12.3. The first-order valence-corrected chi connectivity index (χ1v) is 7.13. The number of rotatable bonds is 4. The average Bonchev–Trinajstić information content (AvgIpc) is 3.00. The van der Waals surface area contributed by atoms with Gasteiger partial charge in [-0.2, -0.15) is 5.10 Å². The number of benzene rings is 1. The molecule has 0 unspecified atom stereocenters. The zero-order valence-corrected chi connectivity index (χ0v) is 13.8. The maximum atomic E-state index is 12.3. The molecule has 128 valence electrons. The van der Waals surface area contributed by atoms with Crippen LogP contribution < -0.4 is 5.01 Å². The smallest absolute Gasteiger partial charge is 0.355 e. The van der Waals surface area contributed by atoms with Gasteiger partial charge in [0, 0.05) is 0 Å². The van der Waals surface area contributed by atoms with Crippen LogP contribution in [0.2, 0.25) is 0 Å². The summed E-state index contributed by atoms with van der Waals surface area (Å²) in [5.41, 5.74) is 1.33. The lowest BCUT2D eigenvalue weighted by molar-refractivity contribution is -0.151. The van der Waals surface area contributed by atoms with Crippen molar-refractivity contribution in [3.63, 3.8) is 0 Å². The highest BCUT2D eigenvalue weighted by Gasteiger charge is 2.51. The highest BCUT2D eigenvalue weighted by atomic mass is 16.5. The van der Waals surface area contributed by atoms with Crippen molar-refractivity contribution in [2.45, 2.75) is 13.0 Å². The van der Waals surface area contributed by atoms with Gasteiger partial charge >= 0.3 is 17.9 Å². The van der Waals surface area contributed by atoms with Gasteiger partial charge in [0.1, 0.15) is 5.92 Å². The molecule has 0 aromatic heterocycles. The molecule has 0 aliphatic carbocycles. The number of hydrogen-bond acceptors (Lipinski definition) is 8. The molecule has 0 spiro atoms. The molecule has 2 atom stereocenters. The second-order valence-electron chi connectivity index (χ2n) is 5.13. The molecule has 8 nitrogen and oxygen atoms in total. The number of carbonyl (C=O) groups is 3. The fourth-order valence-corrected chi connectivity index (χ4v) is 2.44. The Kier molecular flexibility index (Phi) is 5.18. The van der Waals surface area contributed by atoms with E-state index in [0.29, 0.717) is 5.69 Å². The van der Waals surface area contributed by atoms with Gasteiger partial charge in [0.05, 0.1) is 27.0 Å². The van der Waals surface area contributed by atoms with E-state index in [2.05, 4.69) is 9.84 Å². The lowest BCUT2D eigenvalue weighted by atomic mass is 9.95. The number of methoxy groups -OCH3 is 3. The number of carbonyl (C=O) groups excluding carboxylic acids is 3. The summed E-state index contributed by atoms with van der Waals surface area (Å²) >= 11 is 0. The fourth-order valence-electron chi connectivity index (χ4n) is 2.44. The standard InChI is InChI=1S/C16H18N2O6/c1-9-5-7-10(8-6-9)18-13(16(21)24-4)11(14(19)22-2)12(17-18)15(20)23-3/h5-8,11,13H,1-4H3/t11-,13-/m0/s1.